The molecule has 1 aromatic rings. The Morgan fingerprint density at radius 3 is 2.61 bits per heavy atom. The number of nitrogens with two attached hydrogens (primary N) is 1. The van der Waals surface area contributed by atoms with Gasteiger partial charge in [0.05, 0.1) is 12.3 Å². The lowest BCUT2D eigenvalue weighted by Gasteiger charge is -2.31. The monoisotopic (exact) mass is 342 g/mol. The topological polar surface area (TPSA) is 106 Å². The molecule has 0 bridgehead atoms. The first-order chi connectivity index (χ1) is 11.0. The maximum Gasteiger partial charge on any atom is 0.215 e. The molecule has 1 saturated carbocycles. The van der Waals surface area contributed by atoms with E-state index in [0.717, 1.165) is 37.3 Å². The van der Waals surface area contributed by atoms with Crippen molar-refractivity contribution in [3.63, 3.8) is 0 Å². The van der Waals surface area contributed by atoms with E-state index in [2.05, 4.69) is 15.5 Å². The Labute approximate surface area is 137 Å². The average Bonchev–Trinajstić information content (AvgIpc) is 3.11. The second-order valence-electron chi connectivity index (χ2n) is 6.56. The second-order valence-corrected chi connectivity index (χ2v) is 8.65. The van der Waals surface area contributed by atoms with E-state index >= 15 is 0 Å². The van der Waals surface area contributed by atoms with Crippen LogP contribution in [-0.2, 0) is 23.6 Å². The quantitative estimate of drug-likeness (QED) is 0.649. The lowest BCUT2D eigenvalue weighted by molar-refractivity contribution is 0.331. The fourth-order valence-electron chi connectivity index (χ4n) is 3.25. The third-order valence-corrected chi connectivity index (χ3v) is 6.69. The van der Waals surface area contributed by atoms with Crippen LogP contribution in [0.5, 0.6) is 0 Å². The molecule has 1 saturated heterocycles. The zero-order valence-electron chi connectivity index (χ0n) is 13.6. The molecule has 1 aromatic heterocycles. The molecule has 1 aliphatic carbocycles. The van der Waals surface area contributed by atoms with E-state index in [4.69, 9.17) is 5.73 Å². The molecule has 0 radical (unpaired) electrons. The molecule has 1 aliphatic heterocycles. The first-order valence-corrected chi connectivity index (χ1v) is 9.90. The van der Waals surface area contributed by atoms with Crippen LogP contribution in [0.4, 0.5) is 0 Å². The Balaban J connectivity index is 1.46. The molecule has 130 valence electrons. The van der Waals surface area contributed by atoms with Gasteiger partial charge in [0.15, 0.2) is 0 Å². The molecule has 8 nitrogen and oxygen atoms in total. The zero-order chi connectivity index (χ0) is 16.4. The molecule has 2 heterocycles. The van der Waals surface area contributed by atoms with Crippen molar-refractivity contribution >= 4 is 10.0 Å². The van der Waals surface area contributed by atoms with Crippen LogP contribution >= 0.6 is 0 Å². The number of sulfonamides is 1. The summed E-state index contributed by atoms with van der Waals surface area (Å²) in [5, 5.41) is 11.6. The molecule has 0 amide bonds. The lowest BCUT2D eigenvalue weighted by atomic mass is 9.80. The van der Waals surface area contributed by atoms with Crippen LogP contribution in [-0.4, -0.2) is 58.9 Å². The summed E-state index contributed by atoms with van der Waals surface area (Å²) in [6.45, 7) is 2.28. The fourth-order valence-corrected chi connectivity index (χ4v) is 4.73. The first kappa shape index (κ1) is 16.8. The van der Waals surface area contributed by atoms with Gasteiger partial charge in [-0.25, -0.2) is 12.7 Å². The maximum atomic E-state index is 12.1. The van der Waals surface area contributed by atoms with E-state index in [9.17, 15) is 8.42 Å². The van der Waals surface area contributed by atoms with Gasteiger partial charge in [0, 0.05) is 38.6 Å². The summed E-state index contributed by atoms with van der Waals surface area (Å²) in [7, 11) is -1.16. The second kappa shape index (κ2) is 6.84. The molecule has 2 aliphatic rings. The lowest BCUT2D eigenvalue weighted by Crippen LogP contribution is -2.36. The Morgan fingerprint density at radius 1 is 1.26 bits per heavy atom. The number of rotatable bonds is 7. The predicted molar refractivity (Wildman–Crippen MR) is 87.3 cm³/mol. The molecule has 0 spiro atoms. The summed E-state index contributed by atoms with van der Waals surface area (Å²) in [4.78, 5) is 0. The Bertz CT molecular complexity index is 632. The van der Waals surface area contributed by atoms with Crippen molar-refractivity contribution in [2.45, 2.75) is 44.2 Å². The molecule has 3 rings (SSSR count). The third-order valence-electron chi connectivity index (χ3n) is 4.82. The summed E-state index contributed by atoms with van der Waals surface area (Å²) in [6, 6.07) is 0.286. The minimum Gasteiger partial charge on any atom is -0.328 e. The van der Waals surface area contributed by atoms with Crippen molar-refractivity contribution in [1.82, 2.24) is 24.4 Å². The van der Waals surface area contributed by atoms with Crippen LogP contribution in [0.15, 0.2) is 0 Å². The highest BCUT2D eigenvalue weighted by molar-refractivity contribution is 7.89. The van der Waals surface area contributed by atoms with Crippen LogP contribution in [0.25, 0.3) is 0 Å². The Kier molecular flexibility index (Phi) is 5.00. The van der Waals surface area contributed by atoms with Crippen LogP contribution in [0.2, 0.25) is 0 Å². The summed E-state index contributed by atoms with van der Waals surface area (Å²) in [5.74, 6) is 2.36. The van der Waals surface area contributed by atoms with Crippen LogP contribution < -0.4 is 11.1 Å². The standard InChI is InChI=1S/C14H26N6O2S/c1-19-13(17-18-14(19)11-8-12(15)9-11)10-16-4-7-23(21,22)20-5-2-3-6-20/h11-12,16H,2-10,15H2,1H3. The van der Waals surface area contributed by atoms with Gasteiger partial charge in [0.2, 0.25) is 10.0 Å². The van der Waals surface area contributed by atoms with Crippen LogP contribution in [0.3, 0.4) is 0 Å². The van der Waals surface area contributed by atoms with Gasteiger partial charge in [-0.05, 0) is 25.7 Å². The van der Waals surface area contributed by atoms with E-state index in [0.29, 0.717) is 32.1 Å². The Hall–Kier alpha value is -1.03. The SMILES string of the molecule is Cn1c(CNCCS(=O)(=O)N2CCCC2)nnc1C1CC(N)C1. The van der Waals surface area contributed by atoms with Gasteiger partial charge in [-0.1, -0.05) is 0 Å². The molecular weight excluding hydrogens is 316 g/mol. The number of aromatic nitrogens is 3. The van der Waals surface area contributed by atoms with E-state index in [1.165, 1.54) is 0 Å². The highest BCUT2D eigenvalue weighted by atomic mass is 32.2. The minimum absolute atomic E-state index is 0.134. The van der Waals surface area contributed by atoms with Gasteiger partial charge in [-0.15, -0.1) is 10.2 Å². The van der Waals surface area contributed by atoms with Gasteiger partial charge in [0.25, 0.3) is 0 Å². The zero-order valence-corrected chi connectivity index (χ0v) is 14.4. The largest absolute Gasteiger partial charge is 0.328 e. The third kappa shape index (κ3) is 3.73. The van der Waals surface area contributed by atoms with Gasteiger partial charge >= 0.3 is 0 Å². The molecule has 0 atom stereocenters. The van der Waals surface area contributed by atoms with Crippen molar-refractivity contribution < 1.29 is 8.42 Å². The molecule has 3 N–H and O–H groups in total. The fraction of sp³-hybridized carbons (Fsp3) is 0.857. The van der Waals surface area contributed by atoms with Crippen molar-refractivity contribution in [3.05, 3.63) is 11.6 Å². The van der Waals surface area contributed by atoms with Crippen LogP contribution in [0.1, 0.15) is 43.3 Å². The van der Waals surface area contributed by atoms with Crippen molar-refractivity contribution in [1.29, 1.82) is 0 Å². The van der Waals surface area contributed by atoms with Gasteiger partial charge < -0.3 is 15.6 Å². The van der Waals surface area contributed by atoms with Crippen molar-refractivity contribution in [3.8, 4) is 0 Å². The average molecular weight is 342 g/mol. The molecular formula is C14H26N6O2S. The first-order valence-electron chi connectivity index (χ1n) is 8.29. The number of nitrogens with zero attached hydrogens (tertiary/aromatic N) is 4. The van der Waals surface area contributed by atoms with E-state index < -0.39 is 10.0 Å². The van der Waals surface area contributed by atoms with E-state index in [1.807, 2.05) is 11.6 Å². The summed E-state index contributed by atoms with van der Waals surface area (Å²) >= 11 is 0. The highest BCUT2D eigenvalue weighted by Crippen LogP contribution is 2.34. The maximum absolute atomic E-state index is 12.1. The van der Waals surface area contributed by atoms with Gasteiger partial charge in [0.1, 0.15) is 11.6 Å². The normalized spacial score (nSPS) is 25.7. The Morgan fingerprint density at radius 2 is 1.96 bits per heavy atom. The predicted octanol–water partition coefficient (Wildman–Crippen LogP) is -0.465. The minimum atomic E-state index is -3.12. The molecule has 23 heavy (non-hydrogen) atoms. The van der Waals surface area contributed by atoms with Crippen molar-refractivity contribution in [2.75, 3.05) is 25.4 Å². The smallest absolute Gasteiger partial charge is 0.215 e. The summed E-state index contributed by atoms with van der Waals surface area (Å²) < 4.78 is 27.8. The van der Waals surface area contributed by atoms with E-state index in [-0.39, 0.29) is 11.8 Å². The van der Waals surface area contributed by atoms with Crippen LogP contribution in [0, 0.1) is 0 Å². The molecule has 2 fully saturated rings. The highest BCUT2D eigenvalue weighted by Gasteiger charge is 2.31. The van der Waals surface area contributed by atoms with Gasteiger partial charge in [-0.3, -0.25) is 0 Å². The number of hydrogen-bond donors (Lipinski definition) is 2. The number of hydrogen-bond acceptors (Lipinski definition) is 6. The summed E-state index contributed by atoms with van der Waals surface area (Å²) in [5.41, 5.74) is 5.82. The number of nitrogens with one attached hydrogen (secondary N) is 1. The van der Waals surface area contributed by atoms with Gasteiger partial charge in [-0.2, -0.15) is 0 Å². The summed E-state index contributed by atoms with van der Waals surface area (Å²) in [6.07, 6.45) is 3.87. The molecule has 0 aromatic carbocycles. The molecule has 0 unspecified atom stereocenters. The van der Waals surface area contributed by atoms with Crippen molar-refractivity contribution in [2.24, 2.45) is 12.8 Å². The molecule has 9 heteroatoms. The van der Waals surface area contributed by atoms with E-state index in [1.54, 1.807) is 4.31 Å².